The van der Waals surface area contributed by atoms with Crippen LogP contribution in [0.4, 0.5) is 23.7 Å². The van der Waals surface area contributed by atoms with Crippen molar-refractivity contribution in [3.05, 3.63) is 28.8 Å². The van der Waals surface area contributed by atoms with Gasteiger partial charge in [0.1, 0.15) is 5.41 Å². The summed E-state index contributed by atoms with van der Waals surface area (Å²) in [7, 11) is 0. The van der Waals surface area contributed by atoms with Crippen LogP contribution in [0.3, 0.4) is 0 Å². The van der Waals surface area contributed by atoms with E-state index in [0.29, 0.717) is 19.1 Å². The number of hydrogen-bond acceptors (Lipinski definition) is 1. The van der Waals surface area contributed by atoms with Crippen molar-refractivity contribution in [3.8, 4) is 0 Å². The number of carbonyl (C=O) groups is 1. The molecule has 2 rings (SSSR count). The number of alkyl halides is 3. The van der Waals surface area contributed by atoms with Crippen LogP contribution in [0.25, 0.3) is 0 Å². The lowest BCUT2D eigenvalue weighted by Gasteiger charge is -2.33. The first kappa shape index (κ1) is 15.8. The number of unbranched alkanes of at least 4 members (excludes halogenated alkanes) is 1. The first-order valence-electron chi connectivity index (χ1n) is 6.53. The van der Waals surface area contributed by atoms with Crippen LogP contribution in [0.1, 0.15) is 31.7 Å². The lowest BCUT2D eigenvalue weighted by molar-refractivity contribution is -0.170. The molecule has 0 fully saturated rings. The van der Waals surface area contributed by atoms with Gasteiger partial charge in [0.25, 0.3) is 0 Å². The second-order valence-electron chi connectivity index (χ2n) is 4.95. The molecule has 0 aliphatic carbocycles. The lowest BCUT2D eigenvalue weighted by atomic mass is 9.76. The fourth-order valence-electron chi connectivity index (χ4n) is 2.40. The minimum Gasteiger partial charge on any atom is -0.306 e. The summed E-state index contributed by atoms with van der Waals surface area (Å²) < 4.78 is 41.3. The summed E-state index contributed by atoms with van der Waals surface area (Å²) in [4.78, 5) is 14.9. The van der Waals surface area contributed by atoms with E-state index in [1.54, 1.807) is 6.92 Å². The molecule has 1 aliphatic rings. The molecule has 0 saturated heterocycles. The molecule has 7 heteroatoms. The van der Waals surface area contributed by atoms with Gasteiger partial charge in [-0.05, 0) is 30.2 Å². The maximum Gasteiger partial charge on any atom is 0.403 e. The Kier molecular flexibility index (Phi) is 4.27. The third-order valence-corrected chi connectivity index (χ3v) is 3.77. The van der Waals surface area contributed by atoms with Gasteiger partial charge >= 0.3 is 12.2 Å². The van der Waals surface area contributed by atoms with Crippen LogP contribution in [-0.2, 0) is 5.41 Å². The van der Waals surface area contributed by atoms with Gasteiger partial charge in [-0.1, -0.05) is 31.4 Å². The summed E-state index contributed by atoms with van der Waals surface area (Å²) in [5.74, 6) is 0. The second kappa shape index (κ2) is 5.67. The van der Waals surface area contributed by atoms with Gasteiger partial charge in [0, 0.05) is 16.9 Å². The third kappa shape index (κ3) is 2.90. The van der Waals surface area contributed by atoms with E-state index in [0.717, 1.165) is 0 Å². The van der Waals surface area contributed by atoms with Crippen molar-refractivity contribution in [1.82, 2.24) is 0 Å². The monoisotopic (exact) mass is 318 g/mol. The Hall–Kier alpha value is -1.56. The highest BCUT2D eigenvalue weighted by Crippen LogP contribution is 2.47. The molecule has 1 N–H and O–H groups in total. The molecule has 0 saturated carbocycles. The molecule has 1 aliphatic heterocycles. The number of halogens is 4. The van der Waals surface area contributed by atoms with E-state index >= 15 is 0 Å². The molecule has 114 valence electrons. The van der Waals surface area contributed by atoms with Gasteiger partial charge in [-0.2, -0.15) is 13.2 Å². The molecule has 0 spiro atoms. The highest BCUT2D eigenvalue weighted by Gasteiger charge is 2.56. The van der Waals surface area contributed by atoms with E-state index < -0.39 is 17.6 Å². The van der Waals surface area contributed by atoms with Gasteiger partial charge in [-0.15, -0.1) is 0 Å². The number of amides is 2. The van der Waals surface area contributed by atoms with Crippen LogP contribution in [0.15, 0.2) is 23.2 Å². The number of benzene rings is 1. The van der Waals surface area contributed by atoms with Gasteiger partial charge < -0.3 is 5.32 Å². The third-order valence-electron chi connectivity index (χ3n) is 3.54. The zero-order chi connectivity index (χ0) is 15.7. The molecule has 1 heterocycles. The van der Waals surface area contributed by atoms with Gasteiger partial charge in [0.2, 0.25) is 0 Å². The van der Waals surface area contributed by atoms with E-state index in [1.807, 2.05) is 0 Å². The van der Waals surface area contributed by atoms with Crippen LogP contribution < -0.4 is 5.32 Å². The zero-order valence-corrected chi connectivity index (χ0v) is 12.1. The van der Waals surface area contributed by atoms with E-state index in [1.165, 1.54) is 18.2 Å². The second-order valence-corrected chi connectivity index (χ2v) is 5.39. The van der Waals surface area contributed by atoms with Crippen LogP contribution in [0.5, 0.6) is 0 Å². The summed E-state index contributed by atoms with van der Waals surface area (Å²) in [6.07, 6.45) is -3.09. The number of carbonyl (C=O) groups excluding carboxylic acids is 1. The number of fused-ring (bicyclic) bond motifs is 1. The SMILES string of the molecule is CCCCC1(C(F)(F)F)C=NC(=O)Nc2ccc(Cl)cc21. The summed E-state index contributed by atoms with van der Waals surface area (Å²) in [6.45, 7) is 1.81. The van der Waals surface area contributed by atoms with Gasteiger partial charge in [-0.3, -0.25) is 0 Å². The Morgan fingerprint density at radius 1 is 1.38 bits per heavy atom. The molecule has 3 nitrogen and oxygen atoms in total. The minimum absolute atomic E-state index is 0.0643. The fourth-order valence-corrected chi connectivity index (χ4v) is 2.57. The molecule has 1 unspecified atom stereocenters. The highest BCUT2D eigenvalue weighted by atomic mass is 35.5. The number of urea groups is 1. The standard InChI is InChI=1S/C14H14ClF3N2O/c1-2-3-6-13(14(16,17)18)8-19-12(21)20-11-5-4-9(15)7-10(11)13/h4-5,7-8H,2-3,6H2,1H3,(H,20,21). The molecule has 21 heavy (non-hydrogen) atoms. The maximum absolute atomic E-state index is 13.8. The van der Waals surface area contributed by atoms with Crippen LogP contribution >= 0.6 is 11.6 Å². The Balaban J connectivity index is 2.70. The molecular weight excluding hydrogens is 305 g/mol. The van der Waals surface area contributed by atoms with Crippen LogP contribution in [0.2, 0.25) is 5.02 Å². The van der Waals surface area contributed by atoms with Crippen molar-refractivity contribution < 1.29 is 18.0 Å². The van der Waals surface area contributed by atoms with Crippen molar-refractivity contribution in [1.29, 1.82) is 0 Å². The first-order chi connectivity index (χ1) is 9.80. The van der Waals surface area contributed by atoms with Crippen LogP contribution in [0, 0.1) is 0 Å². The number of anilines is 1. The summed E-state index contributed by atoms with van der Waals surface area (Å²) in [6, 6.07) is 3.24. The van der Waals surface area contributed by atoms with Crippen LogP contribution in [-0.4, -0.2) is 18.4 Å². The summed E-state index contributed by atoms with van der Waals surface area (Å²) in [5.41, 5.74) is -2.27. The quantitative estimate of drug-likeness (QED) is 0.842. The Morgan fingerprint density at radius 2 is 2.10 bits per heavy atom. The maximum atomic E-state index is 13.8. The Bertz CT molecular complexity index is 586. The minimum atomic E-state index is -4.57. The highest BCUT2D eigenvalue weighted by molar-refractivity contribution is 6.30. The molecular formula is C14H14ClF3N2O. The van der Waals surface area contributed by atoms with Crippen molar-refractivity contribution in [2.24, 2.45) is 4.99 Å². The summed E-state index contributed by atoms with van der Waals surface area (Å²) in [5, 5.41) is 2.54. The predicted octanol–water partition coefficient (Wildman–Crippen LogP) is 4.95. The lowest BCUT2D eigenvalue weighted by Crippen LogP contribution is -2.44. The number of aliphatic imine (C=N–C) groups is 1. The van der Waals surface area contributed by atoms with Crippen molar-refractivity contribution in [2.75, 3.05) is 5.32 Å². The van der Waals surface area contributed by atoms with E-state index in [9.17, 15) is 18.0 Å². The molecule has 2 amide bonds. The summed E-state index contributed by atoms with van der Waals surface area (Å²) >= 11 is 5.85. The van der Waals surface area contributed by atoms with Crippen molar-refractivity contribution in [2.45, 2.75) is 37.8 Å². The molecule has 1 atom stereocenters. The van der Waals surface area contributed by atoms with E-state index in [-0.39, 0.29) is 22.7 Å². The fraction of sp³-hybridized carbons (Fsp3) is 0.429. The molecule has 0 bridgehead atoms. The Labute approximate surface area is 125 Å². The molecule has 0 aromatic heterocycles. The van der Waals surface area contributed by atoms with E-state index in [2.05, 4.69) is 10.3 Å². The first-order valence-corrected chi connectivity index (χ1v) is 6.91. The molecule has 0 radical (unpaired) electrons. The van der Waals surface area contributed by atoms with Gasteiger partial charge in [0.15, 0.2) is 0 Å². The largest absolute Gasteiger partial charge is 0.403 e. The number of nitrogens with one attached hydrogen (secondary N) is 1. The molecule has 1 aromatic carbocycles. The van der Waals surface area contributed by atoms with Crippen molar-refractivity contribution in [3.63, 3.8) is 0 Å². The van der Waals surface area contributed by atoms with Gasteiger partial charge in [0.05, 0.1) is 0 Å². The van der Waals surface area contributed by atoms with E-state index in [4.69, 9.17) is 11.6 Å². The smallest absolute Gasteiger partial charge is 0.306 e. The predicted molar refractivity (Wildman–Crippen MR) is 76.2 cm³/mol. The normalized spacial score (nSPS) is 21.7. The zero-order valence-electron chi connectivity index (χ0n) is 11.3. The number of nitrogens with zero attached hydrogens (tertiary/aromatic N) is 1. The Morgan fingerprint density at radius 3 is 2.71 bits per heavy atom. The average Bonchev–Trinajstić information content (AvgIpc) is 2.53. The number of hydrogen-bond donors (Lipinski definition) is 1. The number of rotatable bonds is 3. The molecule has 1 aromatic rings. The van der Waals surface area contributed by atoms with Crippen molar-refractivity contribution >= 4 is 29.5 Å². The topological polar surface area (TPSA) is 41.5 Å². The van der Waals surface area contributed by atoms with Gasteiger partial charge in [-0.25, -0.2) is 9.79 Å². The average molecular weight is 319 g/mol.